The lowest BCUT2D eigenvalue weighted by Gasteiger charge is -2.24. The first-order chi connectivity index (χ1) is 11.7. The van der Waals surface area contributed by atoms with Crippen molar-refractivity contribution in [2.24, 2.45) is 5.92 Å². The molecule has 126 valence electrons. The van der Waals surface area contributed by atoms with Crippen molar-refractivity contribution in [1.82, 2.24) is 0 Å². The minimum atomic E-state index is -0.219. The lowest BCUT2D eigenvalue weighted by atomic mass is 9.89. The zero-order chi connectivity index (χ0) is 17.1. The van der Waals surface area contributed by atoms with Crippen LogP contribution < -0.4 is 18.9 Å². The number of rotatable bonds is 5. The largest absolute Gasteiger partial charge is 0.497 e. The monoisotopic (exact) mass is 328 g/mol. The second-order valence-electron chi connectivity index (χ2n) is 5.63. The highest BCUT2D eigenvalue weighted by Crippen LogP contribution is 2.33. The van der Waals surface area contributed by atoms with Gasteiger partial charge in [0.15, 0.2) is 17.3 Å². The van der Waals surface area contributed by atoms with E-state index in [1.54, 1.807) is 39.5 Å². The third-order valence-electron chi connectivity index (χ3n) is 4.20. The quantitative estimate of drug-likeness (QED) is 0.844. The zero-order valence-corrected chi connectivity index (χ0v) is 14.0. The van der Waals surface area contributed by atoms with Gasteiger partial charge >= 0.3 is 0 Å². The summed E-state index contributed by atoms with van der Waals surface area (Å²) in [5, 5.41) is 0. The van der Waals surface area contributed by atoms with Crippen molar-refractivity contribution >= 4 is 5.78 Å². The van der Waals surface area contributed by atoms with Gasteiger partial charge in [0.1, 0.15) is 11.5 Å². The van der Waals surface area contributed by atoms with Gasteiger partial charge in [-0.2, -0.15) is 0 Å². The Hall–Kier alpha value is -2.69. The number of ketones is 1. The molecule has 0 saturated heterocycles. The Morgan fingerprint density at radius 1 is 1.00 bits per heavy atom. The van der Waals surface area contributed by atoms with Crippen molar-refractivity contribution in [3.63, 3.8) is 0 Å². The molecule has 0 amide bonds. The Bertz CT molecular complexity index is 753. The van der Waals surface area contributed by atoms with Crippen molar-refractivity contribution in [1.29, 1.82) is 0 Å². The molecule has 24 heavy (non-hydrogen) atoms. The lowest BCUT2D eigenvalue weighted by Crippen LogP contribution is -2.29. The lowest BCUT2D eigenvalue weighted by molar-refractivity contribution is 0.0830. The Morgan fingerprint density at radius 3 is 2.50 bits per heavy atom. The summed E-state index contributed by atoms with van der Waals surface area (Å²) in [4.78, 5) is 12.7. The van der Waals surface area contributed by atoms with Crippen molar-refractivity contribution in [3.8, 4) is 23.0 Å². The molecule has 2 aromatic carbocycles. The summed E-state index contributed by atoms with van der Waals surface area (Å²) < 4.78 is 21.5. The van der Waals surface area contributed by atoms with Crippen LogP contribution in [0, 0.1) is 5.92 Å². The van der Waals surface area contributed by atoms with E-state index in [0.29, 0.717) is 41.6 Å². The van der Waals surface area contributed by atoms with Crippen molar-refractivity contribution < 1.29 is 23.7 Å². The van der Waals surface area contributed by atoms with Gasteiger partial charge in [-0.1, -0.05) is 6.07 Å². The van der Waals surface area contributed by atoms with Crippen LogP contribution in [0.25, 0.3) is 0 Å². The molecule has 5 nitrogen and oxygen atoms in total. The molecule has 5 heteroatoms. The average Bonchev–Trinajstić information content (AvgIpc) is 2.63. The Balaban J connectivity index is 1.80. The summed E-state index contributed by atoms with van der Waals surface area (Å²) in [7, 11) is 4.79. The smallest absolute Gasteiger partial charge is 0.173 e. The molecule has 1 atom stereocenters. The minimum absolute atomic E-state index is 0.0914. The standard InChI is InChI=1S/C19H20O5/c1-21-14-5-6-15-17(10-14)24-11-13(19(15)20)8-12-4-7-16(22-2)18(9-12)23-3/h4-7,9-10,13H,8,11H2,1-3H3/t13-/m1/s1. The van der Waals surface area contributed by atoms with Crippen molar-refractivity contribution in [2.75, 3.05) is 27.9 Å². The molecule has 0 N–H and O–H groups in total. The first-order valence-corrected chi connectivity index (χ1v) is 7.72. The van der Waals surface area contributed by atoms with Gasteiger partial charge in [0.05, 0.1) is 39.4 Å². The summed E-state index contributed by atoms with van der Waals surface area (Å²) in [5.74, 6) is 2.47. The molecule has 3 rings (SSSR count). The van der Waals surface area contributed by atoms with Crippen LogP contribution >= 0.6 is 0 Å². The molecule has 0 unspecified atom stereocenters. The number of methoxy groups -OCH3 is 3. The van der Waals surface area contributed by atoms with E-state index in [9.17, 15) is 4.79 Å². The minimum Gasteiger partial charge on any atom is -0.497 e. The molecule has 2 aromatic rings. The molecule has 0 saturated carbocycles. The maximum absolute atomic E-state index is 12.7. The van der Waals surface area contributed by atoms with Gasteiger partial charge in [0.25, 0.3) is 0 Å². The normalized spacial score (nSPS) is 16.1. The Labute approximate surface area is 141 Å². The Morgan fingerprint density at radius 2 is 1.79 bits per heavy atom. The van der Waals surface area contributed by atoms with E-state index < -0.39 is 0 Å². The van der Waals surface area contributed by atoms with Gasteiger partial charge in [0, 0.05) is 6.07 Å². The molecule has 1 aliphatic rings. The van der Waals surface area contributed by atoms with Crippen LogP contribution in [0.5, 0.6) is 23.0 Å². The number of fused-ring (bicyclic) bond motifs is 1. The molecule has 0 bridgehead atoms. The van der Waals surface area contributed by atoms with Crippen molar-refractivity contribution in [3.05, 3.63) is 47.5 Å². The van der Waals surface area contributed by atoms with Crippen LogP contribution in [-0.2, 0) is 6.42 Å². The summed E-state index contributed by atoms with van der Waals surface area (Å²) >= 11 is 0. The van der Waals surface area contributed by atoms with E-state index in [2.05, 4.69) is 0 Å². The van der Waals surface area contributed by atoms with Gasteiger partial charge in [-0.05, 0) is 36.2 Å². The summed E-state index contributed by atoms with van der Waals surface area (Å²) in [5.41, 5.74) is 1.61. The molecule has 0 aliphatic carbocycles. The molecule has 0 fully saturated rings. The van der Waals surface area contributed by atoms with Gasteiger partial charge in [0.2, 0.25) is 0 Å². The first kappa shape index (κ1) is 16.2. The number of carbonyl (C=O) groups excluding carboxylic acids is 1. The summed E-state index contributed by atoms with van der Waals surface area (Å²) in [6.07, 6.45) is 0.588. The van der Waals surface area contributed by atoms with Crippen LogP contribution in [0.3, 0.4) is 0 Å². The maximum Gasteiger partial charge on any atom is 0.173 e. The molecule has 0 spiro atoms. The molecule has 0 radical (unpaired) electrons. The van der Waals surface area contributed by atoms with Crippen molar-refractivity contribution in [2.45, 2.75) is 6.42 Å². The summed E-state index contributed by atoms with van der Waals surface area (Å²) in [6.45, 7) is 0.355. The highest BCUT2D eigenvalue weighted by Gasteiger charge is 2.29. The number of hydrogen-bond acceptors (Lipinski definition) is 5. The third kappa shape index (κ3) is 3.02. The highest BCUT2D eigenvalue weighted by atomic mass is 16.5. The van der Waals surface area contributed by atoms with Crippen LogP contribution in [-0.4, -0.2) is 33.7 Å². The van der Waals surface area contributed by atoms with E-state index in [1.807, 2.05) is 18.2 Å². The van der Waals surface area contributed by atoms with Crippen LogP contribution in [0.4, 0.5) is 0 Å². The van der Waals surface area contributed by atoms with E-state index in [1.165, 1.54) is 0 Å². The van der Waals surface area contributed by atoms with Gasteiger partial charge in [-0.3, -0.25) is 4.79 Å². The van der Waals surface area contributed by atoms with E-state index in [0.717, 1.165) is 5.56 Å². The predicted molar refractivity (Wildman–Crippen MR) is 89.6 cm³/mol. The van der Waals surface area contributed by atoms with E-state index in [4.69, 9.17) is 18.9 Å². The highest BCUT2D eigenvalue weighted by molar-refractivity contribution is 6.01. The fraction of sp³-hybridized carbons (Fsp3) is 0.316. The van der Waals surface area contributed by atoms with Crippen LogP contribution in [0.1, 0.15) is 15.9 Å². The topological polar surface area (TPSA) is 54.0 Å². The van der Waals surface area contributed by atoms with Gasteiger partial charge < -0.3 is 18.9 Å². The fourth-order valence-corrected chi connectivity index (χ4v) is 2.88. The SMILES string of the molecule is COc1ccc2c(c1)OC[C@@H](Cc1ccc(OC)c(OC)c1)C2=O. The number of Topliss-reactive ketones (excluding diaryl/α,β-unsaturated/α-hetero) is 1. The molecular weight excluding hydrogens is 308 g/mol. The number of ether oxygens (including phenoxy) is 4. The Kier molecular flexibility index (Phi) is 4.60. The number of carbonyl (C=O) groups is 1. The number of benzene rings is 2. The maximum atomic E-state index is 12.7. The second-order valence-corrected chi connectivity index (χ2v) is 5.63. The van der Waals surface area contributed by atoms with Gasteiger partial charge in [-0.15, -0.1) is 0 Å². The molecule has 1 aliphatic heterocycles. The third-order valence-corrected chi connectivity index (χ3v) is 4.20. The first-order valence-electron chi connectivity index (χ1n) is 7.72. The zero-order valence-electron chi connectivity index (χ0n) is 14.0. The fourth-order valence-electron chi connectivity index (χ4n) is 2.88. The molecular formula is C19H20O5. The molecule has 0 aromatic heterocycles. The van der Waals surface area contributed by atoms with Crippen LogP contribution in [0.15, 0.2) is 36.4 Å². The second kappa shape index (κ2) is 6.83. The van der Waals surface area contributed by atoms with Crippen LogP contribution in [0.2, 0.25) is 0 Å². The van der Waals surface area contributed by atoms with Gasteiger partial charge in [-0.25, -0.2) is 0 Å². The molecule has 1 heterocycles. The average molecular weight is 328 g/mol. The van der Waals surface area contributed by atoms with E-state index in [-0.39, 0.29) is 11.7 Å². The number of hydrogen-bond donors (Lipinski definition) is 0. The predicted octanol–water partition coefficient (Wildman–Crippen LogP) is 3.15. The summed E-state index contributed by atoms with van der Waals surface area (Å²) in [6, 6.07) is 11.0. The van der Waals surface area contributed by atoms with E-state index >= 15 is 0 Å².